The molecule has 0 N–H and O–H groups in total. The molecule has 4 heteroatoms. The number of allylic oxidation sites excluding steroid dienone is 3. The molecular formula is C22H31KO3. The van der Waals surface area contributed by atoms with Crippen LogP contribution in [0.4, 0.5) is 0 Å². The van der Waals surface area contributed by atoms with E-state index >= 15 is 0 Å². The first-order valence-corrected chi connectivity index (χ1v) is 9.41. The van der Waals surface area contributed by atoms with Crippen molar-refractivity contribution in [1.82, 2.24) is 0 Å². The van der Waals surface area contributed by atoms with Gasteiger partial charge in [-0.05, 0) is 30.4 Å². The van der Waals surface area contributed by atoms with Crippen LogP contribution in [0.1, 0.15) is 63.4 Å². The monoisotopic (exact) mass is 382 g/mol. The number of rotatable bonds is 15. The summed E-state index contributed by atoms with van der Waals surface area (Å²) in [5.41, 5.74) is 1.95. The summed E-state index contributed by atoms with van der Waals surface area (Å²) in [7, 11) is 0. The standard InChI is InChI=1S/C22H32O3.K/c23-17-12-16-21(19-24)13-8-5-3-1-2-4-6-11-18-25-20-22-14-9-7-10-15-22;/h7,9-10,12,14-17,19,23H,1-6,8,11,13,18,20H2;/q;+1/p-1/b17-12+,21-16+;. The van der Waals surface area contributed by atoms with Gasteiger partial charge in [0, 0.05) is 6.61 Å². The van der Waals surface area contributed by atoms with Crippen molar-refractivity contribution in [2.75, 3.05) is 6.61 Å². The quantitative estimate of drug-likeness (QED) is 0.116. The summed E-state index contributed by atoms with van der Waals surface area (Å²) in [6.45, 7) is 1.55. The molecule has 0 saturated heterocycles. The van der Waals surface area contributed by atoms with Crippen molar-refractivity contribution in [3.8, 4) is 0 Å². The SMILES string of the molecule is O=C/C(=C/C=C/[O-])CCCCCCCCCCOCc1ccccc1.[K+]. The van der Waals surface area contributed by atoms with Crippen LogP contribution >= 0.6 is 0 Å². The molecule has 0 radical (unpaired) electrons. The Morgan fingerprint density at radius 2 is 1.54 bits per heavy atom. The molecule has 0 aromatic heterocycles. The molecule has 0 aliphatic carbocycles. The average molecular weight is 383 g/mol. The Balaban J connectivity index is 0.00000625. The van der Waals surface area contributed by atoms with Crippen molar-refractivity contribution in [3.05, 3.63) is 59.9 Å². The van der Waals surface area contributed by atoms with Gasteiger partial charge < -0.3 is 9.84 Å². The summed E-state index contributed by atoms with van der Waals surface area (Å²) >= 11 is 0. The van der Waals surface area contributed by atoms with Crippen molar-refractivity contribution in [3.63, 3.8) is 0 Å². The van der Waals surface area contributed by atoms with Crippen LogP contribution < -0.4 is 56.5 Å². The van der Waals surface area contributed by atoms with E-state index < -0.39 is 0 Å². The Morgan fingerprint density at radius 3 is 2.15 bits per heavy atom. The Bertz CT molecular complexity index is 497. The number of unbranched alkanes of at least 4 members (excludes halogenated alkanes) is 7. The van der Waals surface area contributed by atoms with Crippen LogP contribution in [0.25, 0.3) is 0 Å². The summed E-state index contributed by atoms with van der Waals surface area (Å²) in [6.07, 6.45) is 14.9. The number of aldehydes is 1. The first-order valence-electron chi connectivity index (χ1n) is 9.41. The number of benzene rings is 1. The molecule has 0 fully saturated rings. The second kappa shape index (κ2) is 19.5. The summed E-state index contributed by atoms with van der Waals surface area (Å²) in [4.78, 5) is 10.8. The van der Waals surface area contributed by atoms with Crippen LogP contribution in [0, 0.1) is 0 Å². The Kier molecular flexibility index (Phi) is 19.4. The van der Waals surface area contributed by atoms with Crippen molar-refractivity contribution >= 4 is 6.29 Å². The Labute approximate surface area is 201 Å². The van der Waals surface area contributed by atoms with E-state index in [0.717, 1.165) is 38.6 Å². The van der Waals surface area contributed by atoms with E-state index in [1.54, 1.807) is 6.08 Å². The first kappa shape index (κ1) is 25.8. The van der Waals surface area contributed by atoms with Gasteiger partial charge in [0.05, 0.1) is 6.61 Å². The van der Waals surface area contributed by atoms with Crippen molar-refractivity contribution in [2.24, 2.45) is 0 Å². The summed E-state index contributed by atoms with van der Waals surface area (Å²) < 4.78 is 5.68. The zero-order chi connectivity index (χ0) is 18.0. The fraction of sp³-hybridized carbons (Fsp3) is 0.500. The molecule has 0 bridgehead atoms. The van der Waals surface area contributed by atoms with Crippen LogP contribution in [0.2, 0.25) is 0 Å². The van der Waals surface area contributed by atoms with Crippen molar-refractivity contribution in [2.45, 2.75) is 64.4 Å². The predicted molar refractivity (Wildman–Crippen MR) is 101 cm³/mol. The molecule has 0 aliphatic heterocycles. The number of ether oxygens (including phenoxy) is 1. The third-order valence-corrected chi connectivity index (χ3v) is 4.16. The number of carbonyl (C=O) groups excluding carboxylic acids is 1. The third-order valence-electron chi connectivity index (χ3n) is 4.16. The Morgan fingerprint density at radius 1 is 0.923 bits per heavy atom. The van der Waals surface area contributed by atoms with E-state index in [0.29, 0.717) is 18.4 Å². The minimum Gasteiger partial charge on any atom is -0.878 e. The largest absolute Gasteiger partial charge is 1.00 e. The van der Waals surface area contributed by atoms with Crippen LogP contribution in [-0.2, 0) is 16.1 Å². The Hall–Kier alpha value is -0.234. The van der Waals surface area contributed by atoms with Gasteiger partial charge in [-0.15, -0.1) is 6.26 Å². The molecule has 3 nitrogen and oxygen atoms in total. The number of carbonyl (C=O) groups is 1. The minimum atomic E-state index is 0. The zero-order valence-electron chi connectivity index (χ0n) is 16.2. The van der Waals surface area contributed by atoms with E-state index in [1.807, 2.05) is 18.2 Å². The first-order chi connectivity index (χ1) is 12.4. The maximum atomic E-state index is 10.8. The molecule has 0 amide bonds. The molecule has 0 unspecified atom stereocenters. The molecule has 0 spiro atoms. The van der Waals surface area contributed by atoms with Crippen LogP contribution in [0.5, 0.6) is 0 Å². The molecule has 1 rings (SSSR count). The van der Waals surface area contributed by atoms with E-state index in [1.165, 1.54) is 43.7 Å². The van der Waals surface area contributed by atoms with Gasteiger partial charge in [0.1, 0.15) is 6.29 Å². The van der Waals surface area contributed by atoms with E-state index in [2.05, 4.69) is 12.1 Å². The van der Waals surface area contributed by atoms with Crippen molar-refractivity contribution in [1.29, 1.82) is 0 Å². The van der Waals surface area contributed by atoms with Crippen LogP contribution in [-0.4, -0.2) is 12.9 Å². The molecular weight excluding hydrogens is 351 g/mol. The summed E-state index contributed by atoms with van der Waals surface area (Å²) in [5.74, 6) is 0. The summed E-state index contributed by atoms with van der Waals surface area (Å²) in [5, 5.41) is 10.2. The van der Waals surface area contributed by atoms with Gasteiger partial charge in [0.25, 0.3) is 0 Å². The molecule has 0 heterocycles. The molecule has 0 saturated carbocycles. The van der Waals surface area contributed by atoms with Gasteiger partial charge in [-0.2, -0.15) is 0 Å². The van der Waals surface area contributed by atoms with Crippen LogP contribution in [0.15, 0.2) is 54.3 Å². The topological polar surface area (TPSA) is 49.4 Å². The van der Waals surface area contributed by atoms with E-state index in [9.17, 15) is 9.90 Å². The smallest absolute Gasteiger partial charge is 0.878 e. The van der Waals surface area contributed by atoms with Gasteiger partial charge in [-0.25, -0.2) is 0 Å². The van der Waals surface area contributed by atoms with Crippen molar-refractivity contribution < 1.29 is 66.0 Å². The number of hydrogen-bond acceptors (Lipinski definition) is 3. The summed E-state index contributed by atoms with van der Waals surface area (Å²) in [6, 6.07) is 10.3. The maximum Gasteiger partial charge on any atom is 1.00 e. The normalized spacial score (nSPS) is 11.5. The van der Waals surface area contributed by atoms with Gasteiger partial charge in [-0.3, -0.25) is 4.79 Å². The van der Waals surface area contributed by atoms with Gasteiger partial charge in [0.2, 0.25) is 0 Å². The molecule has 26 heavy (non-hydrogen) atoms. The fourth-order valence-electron chi connectivity index (χ4n) is 2.70. The van der Waals surface area contributed by atoms with Crippen LogP contribution in [0.3, 0.4) is 0 Å². The average Bonchev–Trinajstić information content (AvgIpc) is 2.66. The second-order valence-corrected chi connectivity index (χ2v) is 6.30. The van der Waals surface area contributed by atoms with E-state index in [4.69, 9.17) is 4.74 Å². The zero-order valence-corrected chi connectivity index (χ0v) is 19.3. The minimum absolute atomic E-state index is 0. The van der Waals surface area contributed by atoms with Gasteiger partial charge >= 0.3 is 51.4 Å². The molecule has 1 aromatic rings. The molecule has 0 aliphatic rings. The third kappa shape index (κ3) is 14.9. The maximum absolute atomic E-state index is 10.8. The van der Waals surface area contributed by atoms with E-state index in [-0.39, 0.29) is 51.4 Å². The second-order valence-electron chi connectivity index (χ2n) is 6.30. The molecule has 1 aromatic carbocycles. The number of hydrogen-bond donors (Lipinski definition) is 0. The predicted octanol–water partition coefficient (Wildman–Crippen LogP) is 1.72. The molecule has 138 valence electrons. The fourth-order valence-corrected chi connectivity index (χ4v) is 2.70. The van der Waals surface area contributed by atoms with Gasteiger partial charge in [-0.1, -0.05) is 81.0 Å². The van der Waals surface area contributed by atoms with Gasteiger partial charge in [0.15, 0.2) is 0 Å². The molecule has 0 atom stereocenters.